The minimum Gasteiger partial charge on any atom is -0.478 e. The van der Waals surface area contributed by atoms with Crippen LogP contribution in [0.3, 0.4) is 0 Å². The second-order valence-corrected chi connectivity index (χ2v) is 4.00. The summed E-state index contributed by atoms with van der Waals surface area (Å²) < 4.78 is 0. The first kappa shape index (κ1) is 13.3. The normalized spacial score (nSPS) is 10.2. The van der Waals surface area contributed by atoms with Crippen LogP contribution in [0.5, 0.6) is 0 Å². The first-order chi connectivity index (χ1) is 8.27. The summed E-state index contributed by atoms with van der Waals surface area (Å²) in [5, 5.41) is 12.9. The van der Waals surface area contributed by atoms with E-state index in [0.717, 1.165) is 21.5 Å². The number of carboxylic acid groups (broad SMARTS) is 1. The van der Waals surface area contributed by atoms with E-state index in [1.165, 1.54) is 0 Å². The van der Waals surface area contributed by atoms with Gasteiger partial charge < -0.3 is 5.11 Å². The molecular formula is C15H10CaO2+2. The van der Waals surface area contributed by atoms with Crippen LogP contribution in [-0.4, -0.2) is 48.8 Å². The van der Waals surface area contributed by atoms with Crippen LogP contribution in [0.4, 0.5) is 0 Å². The average Bonchev–Trinajstić information content (AvgIpc) is 2.35. The molecular weight excluding hydrogens is 252 g/mol. The van der Waals surface area contributed by atoms with Crippen molar-refractivity contribution in [2.45, 2.75) is 0 Å². The summed E-state index contributed by atoms with van der Waals surface area (Å²) in [6.45, 7) is 0. The van der Waals surface area contributed by atoms with Gasteiger partial charge in [0.25, 0.3) is 0 Å². The van der Waals surface area contributed by atoms with Gasteiger partial charge >= 0.3 is 43.7 Å². The number of aromatic carboxylic acids is 1. The van der Waals surface area contributed by atoms with Gasteiger partial charge in [0.05, 0.1) is 5.56 Å². The molecule has 3 rings (SSSR count). The third kappa shape index (κ3) is 2.12. The minimum atomic E-state index is -0.877. The van der Waals surface area contributed by atoms with Crippen LogP contribution in [0.2, 0.25) is 0 Å². The van der Waals surface area contributed by atoms with Crippen molar-refractivity contribution in [1.29, 1.82) is 0 Å². The fourth-order valence-corrected chi connectivity index (χ4v) is 2.24. The predicted molar refractivity (Wildman–Crippen MR) is 74.2 cm³/mol. The topological polar surface area (TPSA) is 37.3 Å². The Morgan fingerprint density at radius 2 is 1.28 bits per heavy atom. The molecule has 0 heterocycles. The number of benzene rings is 3. The van der Waals surface area contributed by atoms with Crippen molar-refractivity contribution < 1.29 is 9.90 Å². The zero-order valence-electron chi connectivity index (χ0n) is 9.76. The van der Waals surface area contributed by atoms with E-state index in [2.05, 4.69) is 0 Å². The molecule has 0 unspecified atom stereocenters. The molecule has 0 bridgehead atoms. The Morgan fingerprint density at radius 1 is 0.833 bits per heavy atom. The van der Waals surface area contributed by atoms with Crippen molar-refractivity contribution >= 4 is 65.3 Å². The standard InChI is InChI=1S/C15H10O2.Ca/c16-15(17)14-12-7-3-1-5-10(12)9-11-6-2-4-8-13(11)14;/h1-9H,(H,16,17);/q;+2. The molecule has 3 heteroatoms. The van der Waals surface area contributed by atoms with Crippen LogP contribution >= 0.6 is 0 Å². The molecule has 0 aliphatic heterocycles. The van der Waals surface area contributed by atoms with Crippen LogP contribution in [0.25, 0.3) is 21.5 Å². The maximum absolute atomic E-state index is 11.4. The summed E-state index contributed by atoms with van der Waals surface area (Å²) in [6.07, 6.45) is 0. The molecule has 0 aliphatic rings. The molecule has 0 saturated carbocycles. The van der Waals surface area contributed by atoms with E-state index < -0.39 is 5.97 Å². The molecule has 0 aliphatic carbocycles. The molecule has 82 valence electrons. The van der Waals surface area contributed by atoms with Gasteiger partial charge in [-0.1, -0.05) is 48.5 Å². The SMILES string of the molecule is O=C(O)c1c2ccccc2cc2ccccc12.[Ca+2]. The molecule has 0 fully saturated rings. The molecule has 0 aromatic heterocycles. The largest absolute Gasteiger partial charge is 2.00 e. The Bertz CT molecular complexity index is 681. The van der Waals surface area contributed by atoms with E-state index in [9.17, 15) is 9.90 Å². The number of rotatable bonds is 1. The molecule has 3 aromatic carbocycles. The Labute approximate surface area is 134 Å². The second-order valence-electron chi connectivity index (χ2n) is 4.00. The summed E-state index contributed by atoms with van der Waals surface area (Å²) in [6, 6.07) is 17.2. The van der Waals surface area contributed by atoms with Gasteiger partial charge in [0.15, 0.2) is 0 Å². The predicted octanol–water partition coefficient (Wildman–Crippen LogP) is 3.31. The van der Waals surface area contributed by atoms with Gasteiger partial charge in [-0.25, -0.2) is 4.79 Å². The van der Waals surface area contributed by atoms with Gasteiger partial charge in [-0.3, -0.25) is 0 Å². The van der Waals surface area contributed by atoms with Gasteiger partial charge in [-0.05, 0) is 27.6 Å². The van der Waals surface area contributed by atoms with Crippen molar-refractivity contribution in [1.82, 2.24) is 0 Å². The van der Waals surface area contributed by atoms with Gasteiger partial charge in [-0.2, -0.15) is 0 Å². The Balaban J connectivity index is 0.00000120. The summed E-state index contributed by atoms with van der Waals surface area (Å²) in [5.74, 6) is -0.877. The summed E-state index contributed by atoms with van der Waals surface area (Å²) >= 11 is 0. The Hall–Kier alpha value is -1.09. The second kappa shape index (κ2) is 5.27. The summed E-state index contributed by atoms with van der Waals surface area (Å²) in [5.41, 5.74) is 0.388. The Morgan fingerprint density at radius 3 is 1.72 bits per heavy atom. The van der Waals surface area contributed by atoms with Crippen molar-refractivity contribution in [2.75, 3.05) is 0 Å². The molecule has 0 atom stereocenters. The van der Waals surface area contributed by atoms with Crippen LogP contribution < -0.4 is 0 Å². The number of carboxylic acids is 1. The Kier molecular flexibility index (Phi) is 3.91. The van der Waals surface area contributed by atoms with Crippen LogP contribution in [0, 0.1) is 0 Å². The first-order valence-electron chi connectivity index (χ1n) is 5.41. The van der Waals surface area contributed by atoms with Crippen LogP contribution in [0.15, 0.2) is 54.6 Å². The molecule has 0 saturated heterocycles. The third-order valence-electron chi connectivity index (χ3n) is 2.99. The molecule has 18 heavy (non-hydrogen) atoms. The van der Waals surface area contributed by atoms with E-state index in [-0.39, 0.29) is 37.7 Å². The maximum atomic E-state index is 11.4. The first-order valence-corrected chi connectivity index (χ1v) is 5.41. The number of hydrogen-bond acceptors (Lipinski definition) is 1. The van der Waals surface area contributed by atoms with Crippen LogP contribution in [0.1, 0.15) is 10.4 Å². The fourth-order valence-electron chi connectivity index (χ4n) is 2.24. The number of carbonyl (C=O) groups is 1. The van der Waals surface area contributed by atoms with E-state index in [0.29, 0.717) is 5.56 Å². The zero-order valence-corrected chi connectivity index (χ0v) is 12.0. The van der Waals surface area contributed by atoms with E-state index in [1.54, 1.807) is 0 Å². The van der Waals surface area contributed by atoms with Crippen LogP contribution in [-0.2, 0) is 0 Å². The maximum Gasteiger partial charge on any atom is 2.00 e. The van der Waals surface area contributed by atoms with Gasteiger partial charge in [0, 0.05) is 0 Å². The number of fused-ring (bicyclic) bond motifs is 2. The van der Waals surface area contributed by atoms with E-state index in [1.807, 2.05) is 54.6 Å². The van der Waals surface area contributed by atoms with E-state index >= 15 is 0 Å². The summed E-state index contributed by atoms with van der Waals surface area (Å²) in [4.78, 5) is 11.4. The quantitative estimate of drug-likeness (QED) is 0.539. The van der Waals surface area contributed by atoms with Gasteiger partial charge in [0.1, 0.15) is 0 Å². The van der Waals surface area contributed by atoms with Crippen molar-refractivity contribution in [3.63, 3.8) is 0 Å². The molecule has 0 amide bonds. The van der Waals surface area contributed by atoms with E-state index in [4.69, 9.17) is 0 Å². The average molecular weight is 262 g/mol. The fraction of sp³-hybridized carbons (Fsp3) is 0. The third-order valence-corrected chi connectivity index (χ3v) is 2.99. The summed E-state index contributed by atoms with van der Waals surface area (Å²) in [7, 11) is 0. The van der Waals surface area contributed by atoms with Crippen molar-refractivity contribution in [3.05, 3.63) is 60.2 Å². The molecule has 3 aromatic rings. The van der Waals surface area contributed by atoms with Crippen molar-refractivity contribution in [2.24, 2.45) is 0 Å². The van der Waals surface area contributed by atoms with Gasteiger partial charge in [-0.15, -0.1) is 0 Å². The monoisotopic (exact) mass is 262 g/mol. The van der Waals surface area contributed by atoms with Crippen molar-refractivity contribution in [3.8, 4) is 0 Å². The minimum absolute atomic E-state index is 0. The zero-order chi connectivity index (χ0) is 11.8. The van der Waals surface area contributed by atoms with Gasteiger partial charge in [0.2, 0.25) is 0 Å². The molecule has 0 radical (unpaired) electrons. The molecule has 0 spiro atoms. The number of hydrogen-bond donors (Lipinski definition) is 1. The smallest absolute Gasteiger partial charge is 0.478 e. The molecule has 2 nitrogen and oxygen atoms in total. The molecule has 1 N–H and O–H groups in total.